The Balaban J connectivity index is 1.39. The van der Waals surface area contributed by atoms with Crippen molar-refractivity contribution in [1.82, 2.24) is 25.1 Å². The molecule has 4 heterocycles. The Labute approximate surface area is 202 Å². The Morgan fingerprint density at radius 2 is 1.85 bits per heavy atom. The lowest BCUT2D eigenvalue weighted by molar-refractivity contribution is -0.195. The molecule has 8 nitrogen and oxygen atoms in total. The molecule has 3 aromatic rings. The zero-order valence-corrected chi connectivity index (χ0v) is 19.2. The molecule has 1 unspecified atom stereocenters. The summed E-state index contributed by atoms with van der Waals surface area (Å²) >= 11 is 12.1. The van der Waals surface area contributed by atoms with Gasteiger partial charge in [0, 0.05) is 35.4 Å². The maximum atomic E-state index is 14.0. The maximum absolute atomic E-state index is 14.0. The predicted molar refractivity (Wildman–Crippen MR) is 122 cm³/mol. The smallest absolute Gasteiger partial charge is 0.374 e. The maximum Gasteiger partial charge on any atom is 0.393 e. The van der Waals surface area contributed by atoms with Crippen LogP contribution in [0.15, 0.2) is 30.7 Å². The van der Waals surface area contributed by atoms with Crippen molar-refractivity contribution in [2.45, 2.75) is 31.1 Å². The number of fused-ring (bicyclic) bond motifs is 1. The van der Waals surface area contributed by atoms with Gasteiger partial charge in [0.1, 0.15) is 18.2 Å². The number of halogens is 5. The van der Waals surface area contributed by atoms with Gasteiger partial charge in [0.05, 0.1) is 23.5 Å². The molecule has 5 rings (SSSR count). The van der Waals surface area contributed by atoms with Crippen LogP contribution < -0.4 is 10.2 Å². The van der Waals surface area contributed by atoms with Crippen LogP contribution in [0.4, 0.5) is 24.7 Å². The number of alkyl halides is 3. The van der Waals surface area contributed by atoms with Crippen LogP contribution in [-0.4, -0.2) is 68.9 Å². The highest BCUT2D eigenvalue weighted by Gasteiger charge is 2.52. The van der Waals surface area contributed by atoms with E-state index in [4.69, 9.17) is 23.2 Å². The number of H-pyrrole nitrogens is 1. The molecule has 1 amide bonds. The van der Waals surface area contributed by atoms with Crippen LogP contribution in [0.2, 0.25) is 10.0 Å². The Hall–Kier alpha value is -2.79. The van der Waals surface area contributed by atoms with E-state index in [1.807, 2.05) is 0 Å². The number of likely N-dealkylation sites (tertiary alicyclic amines) is 1. The van der Waals surface area contributed by atoms with Gasteiger partial charge < -0.3 is 15.1 Å². The van der Waals surface area contributed by atoms with Crippen molar-refractivity contribution in [3.63, 3.8) is 0 Å². The molecule has 0 spiro atoms. The van der Waals surface area contributed by atoms with Gasteiger partial charge >= 0.3 is 6.18 Å². The van der Waals surface area contributed by atoms with Crippen LogP contribution >= 0.6 is 23.2 Å². The molecule has 2 saturated heterocycles. The minimum Gasteiger partial charge on any atom is -0.374 e. The zero-order chi connectivity index (χ0) is 24.0. The lowest BCUT2D eigenvalue weighted by Crippen LogP contribution is -2.58. The van der Waals surface area contributed by atoms with Gasteiger partial charge in [0.2, 0.25) is 5.91 Å². The van der Waals surface area contributed by atoms with Crippen LogP contribution in [0.5, 0.6) is 0 Å². The number of benzene rings is 1. The number of nitrogens with one attached hydrogen (secondary N) is 2. The number of anilines is 2. The monoisotopic (exact) mass is 513 g/mol. The fraction of sp³-hybridized carbons (Fsp3) is 0.429. The first-order valence-corrected chi connectivity index (χ1v) is 11.4. The third-order valence-corrected chi connectivity index (χ3v) is 6.81. The number of rotatable bonds is 4. The van der Waals surface area contributed by atoms with Crippen molar-refractivity contribution in [3.05, 3.63) is 40.8 Å². The zero-order valence-electron chi connectivity index (χ0n) is 17.7. The molecule has 13 heteroatoms. The summed E-state index contributed by atoms with van der Waals surface area (Å²) in [6.07, 6.45) is -1.32. The fourth-order valence-electron chi connectivity index (χ4n) is 4.83. The number of carbonyl (C=O) groups is 1. The minimum atomic E-state index is -4.43. The summed E-state index contributed by atoms with van der Waals surface area (Å²) in [5.41, 5.74) is 1.04. The summed E-state index contributed by atoms with van der Waals surface area (Å²) in [4.78, 5) is 24.7. The Kier molecular flexibility index (Phi) is 5.93. The summed E-state index contributed by atoms with van der Waals surface area (Å²) in [7, 11) is 0. The van der Waals surface area contributed by atoms with Crippen LogP contribution in [0.25, 0.3) is 11.0 Å². The summed E-state index contributed by atoms with van der Waals surface area (Å²) in [5, 5.41) is 11.2. The van der Waals surface area contributed by atoms with E-state index in [2.05, 4.69) is 25.5 Å². The van der Waals surface area contributed by atoms with Crippen LogP contribution in [0.1, 0.15) is 12.8 Å². The number of carbonyl (C=O) groups excluding carboxylic acids is 1. The highest BCUT2D eigenvalue weighted by atomic mass is 35.5. The van der Waals surface area contributed by atoms with E-state index in [0.29, 0.717) is 39.0 Å². The number of hydrogen-bond donors (Lipinski definition) is 2. The van der Waals surface area contributed by atoms with Crippen molar-refractivity contribution in [1.29, 1.82) is 0 Å². The number of nitrogens with zero attached hydrogens (tertiary/aromatic N) is 5. The van der Waals surface area contributed by atoms with Crippen molar-refractivity contribution >= 4 is 51.6 Å². The van der Waals surface area contributed by atoms with E-state index in [9.17, 15) is 18.0 Å². The predicted octanol–water partition coefficient (Wildman–Crippen LogP) is 4.13. The third kappa shape index (κ3) is 4.34. The van der Waals surface area contributed by atoms with E-state index in [-0.39, 0.29) is 32.0 Å². The molecule has 2 aliphatic heterocycles. The second kappa shape index (κ2) is 8.77. The summed E-state index contributed by atoms with van der Waals surface area (Å²) in [5.74, 6) is -1.51. The molecule has 1 aromatic carbocycles. The molecule has 2 fully saturated rings. The van der Waals surface area contributed by atoms with Crippen LogP contribution in [0.3, 0.4) is 0 Å². The molecular formula is C21H20Cl2F3N7O. The fourth-order valence-corrected chi connectivity index (χ4v) is 5.36. The number of hydrogen-bond acceptors (Lipinski definition) is 6. The first-order valence-electron chi connectivity index (χ1n) is 10.7. The first kappa shape index (κ1) is 23.0. The summed E-state index contributed by atoms with van der Waals surface area (Å²) in [6.45, 7) is 0.367. The molecule has 0 aliphatic carbocycles. The molecule has 3 atom stereocenters. The molecule has 0 saturated carbocycles. The number of piperidine rings is 1. The molecule has 2 aromatic heterocycles. The number of aromatic nitrogens is 4. The quantitative estimate of drug-likeness (QED) is 0.545. The largest absolute Gasteiger partial charge is 0.393 e. The molecule has 2 N–H and O–H groups in total. The van der Waals surface area contributed by atoms with Crippen molar-refractivity contribution < 1.29 is 18.0 Å². The number of aromatic amines is 1. The van der Waals surface area contributed by atoms with Gasteiger partial charge in [0.25, 0.3) is 0 Å². The second-order valence-electron chi connectivity index (χ2n) is 8.46. The average molecular weight is 514 g/mol. The molecule has 2 aliphatic rings. The second-order valence-corrected chi connectivity index (χ2v) is 9.33. The SMILES string of the molecule is O=C1[C@@H](Nc2cc(Cl)cc(Cl)c2)CCN1[C@@H]1CN(c2ncnc3[nH]ncc23)CCC1C(F)(F)F. The Bertz CT molecular complexity index is 1200. The minimum absolute atomic E-state index is 0.00290. The Morgan fingerprint density at radius 3 is 2.59 bits per heavy atom. The van der Waals surface area contributed by atoms with Gasteiger partial charge in [-0.05, 0) is 31.0 Å². The van der Waals surface area contributed by atoms with Gasteiger partial charge in [-0.1, -0.05) is 23.2 Å². The van der Waals surface area contributed by atoms with Gasteiger partial charge in [-0.25, -0.2) is 9.97 Å². The van der Waals surface area contributed by atoms with E-state index in [0.717, 1.165) is 0 Å². The topological polar surface area (TPSA) is 90.0 Å². The molecule has 180 valence electrons. The van der Waals surface area contributed by atoms with Gasteiger partial charge in [-0.2, -0.15) is 18.3 Å². The lowest BCUT2D eigenvalue weighted by atomic mass is 9.89. The number of amides is 1. The highest BCUT2D eigenvalue weighted by Crippen LogP contribution is 2.40. The van der Waals surface area contributed by atoms with E-state index >= 15 is 0 Å². The van der Waals surface area contributed by atoms with Crippen LogP contribution in [0, 0.1) is 5.92 Å². The molecule has 34 heavy (non-hydrogen) atoms. The molecular weight excluding hydrogens is 494 g/mol. The highest BCUT2D eigenvalue weighted by molar-refractivity contribution is 6.35. The summed E-state index contributed by atoms with van der Waals surface area (Å²) in [6, 6.07) is 3.09. The van der Waals surface area contributed by atoms with Crippen molar-refractivity contribution in [2.75, 3.05) is 29.9 Å². The third-order valence-electron chi connectivity index (χ3n) is 6.37. The molecule has 0 radical (unpaired) electrons. The first-order chi connectivity index (χ1) is 16.2. The summed E-state index contributed by atoms with van der Waals surface area (Å²) < 4.78 is 42.0. The van der Waals surface area contributed by atoms with E-state index < -0.39 is 24.2 Å². The van der Waals surface area contributed by atoms with Gasteiger partial charge in [-0.3, -0.25) is 9.89 Å². The van der Waals surface area contributed by atoms with E-state index in [1.54, 1.807) is 29.3 Å². The van der Waals surface area contributed by atoms with Gasteiger partial charge in [-0.15, -0.1) is 0 Å². The van der Waals surface area contributed by atoms with Gasteiger partial charge in [0.15, 0.2) is 5.65 Å². The molecule has 0 bridgehead atoms. The standard InChI is InChI=1S/C21H20Cl2F3N7O/c22-11-5-12(23)7-13(6-11)30-16-2-4-33(20(16)34)17-9-32(3-1-15(17)21(24,25)26)19-14-8-29-31-18(14)27-10-28-19/h5-8,10,15-17,30H,1-4,9H2,(H,27,28,29,31)/t15?,16-,17+/m0/s1. The van der Waals surface area contributed by atoms with Crippen LogP contribution in [-0.2, 0) is 4.79 Å². The van der Waals surface area contributed by atoms with E-state index in [1.165, 1.54) is 11.2 Å². The van der Waals surface area contributed by atoms with Crippen molar-refractivity contribution in [2.24, 2.45) is 5.92 Å². The normalized spacial score (nSPS) is 23.7. The van der Waals surface area contributed by atoms with Crippen molar-refractivity contribution in [3.8, 4) is 0 Å². The average Bonchev–Trinajstić information content (AvgIpc) is 3.39. The lowest BCUT2D eigenvalue weighted by Gasteiger charge is -2.43. The Morgan fingerprint density at radius 1 is 1.09 bits per heavy atom.